The van der Waals surface area contributed by atoms with E-state index in [0.717, 1.165) is 46.6 Å². The molecule has 0 amide bonds. The van der Waals surface area contributed by atoms with Gasteiger partial charge in [0.05, 0.1) is 21.3 Å². The molecule has 1 heterocycles. The summed E-state index contributed by atoms with van der Waals surface area (Å²) >= 11 is 0. The molecule has 0 bridgehead atoms. The number of methoxy groups -OCH3 is 3. The van der Waals surface area contributed by atoms with E-state index in [9.17, 15) is 0 Å². The molecule has 182 valence electrons. The largest absolute Gasteiger partial charge is 0.493 e. The van der Waals surface area contributed by atoms with E-state index >= 15 is 0 Å². The maximum absolute atomic E-state index is 5.93. The van der Waals surface area contributed by atoms with Gasteiger partial charge in [-0.1, -0.05) is 60.1 Å². The number of aromatic amines is 1. The van der Waals surface area contributed by atoms with Crippen LogP contribution in [-0.2, 0) is 16.7 Å². The molecular formula is C28H31N3O4. The lowest BCUT2D eigenvalue weighted by atomic mass is 9.67. The fraction of sp³-hybridized carbons (Fsp3) is 0.357. The second kappa shape index (κ2) is 9.49. The van der Waals surface area contributed by atoms with Gasteiger partial charge >= 0.3 is 0 Å². The lowest BCUT2D eigenvalue weighted by molar-refractivity contribution is 0.208. The van der Waals surface area contributed by atoms with E-state index in [-0.39, 0.29) is 0 Å². The van der Waals surface area contributed by atoms with Crippen molar-refractivity contribution in [2.45, 2.75) is 31.1 Å². The van der Waals surface area contributed by atoms with Crippen LogP contribution in [0.4, 0.5) is 0 Å². The number of nitrogens with one attached hydrogen (secondary N) is 1. The smallest absolute Gasteiger partial charge is 0.203 e. The summed E-state index contributed by atoms with van der Waals surface area (Å²) in [5, 5.41) is 12.4. The zero-order valence-corrected chi connectivity index (χ0v) is 20.6. The first-order valence-electron chi connectivity index (χ1n) is 11.9. The van der Waals surface area contributed by atoms with Gasteiger partial charge in [-0.15, -0.1) is 0 Å². The predicted molar refractivity (Wildman–Crippen MR) is 136 cm³/mol. The molecule has 1 aromatic heterocycles. The number of rotatable bonds is 8. The second-order valence-corrected chi connectivity index (χ2v) is 8.98. The summed E-state index contributed by atoms with van der Waals surface area (Å²) in [6.07, 6.45) is 8.52. The Labute approximate surface area is 205 Å². The number of H-pyrrole nitrogens is 1. The first-order valence-corrected chi connectivity index (χ1v) is 11.9. The Morgan fingerprint density at radius 1 is 0.971 bits per heavy atom. The minimum Gasteiger partial charge on any atom is -0.493 e. The average molecular weight is 474 g/mol. The molecule has 35 heavy (non-hydrogen) atoms. The fourth-order valence-electron chi connectivity index (χ4n) is 5.28. The highest BCUT2D eigenvalue weighted by Crippen LogP contribution is 2.50. The van der Waals surface area contributed by atoms with E-state index in [1.807, 2.05) is 12.1 Å². The molecule has 7 nitrogen and oxygen atoms in total. The maximum Gasteiger partial charge on any atom is 0.203 e. The van der Waals surface area contributed by atoms with Crippen LogP contribution in [0.1, 0.15) is 47.3 Å². The normalized spacial score (nSPS) is 19.6. The standard InChI is InChI=1S/C28H31N3O4/c1-32-23-14-13-21(26(33-2)27(23)34-3)28(19-11-6-5-7-12-19)16-15-20-22(17-28)29-30-25(20)24(31-35-4)18-9-8-10-18/h5-7,11-16,18H,8-10,17H2,1-4H3,(H,29,30)/b31-24+. The number of hydrogen-bond acceptors (Lipinski definition) is 6. The highest BCUT2D eigenvalue weighted by Gasteiger charge is 2.41. The van der Waals surface area contributed by atoms with Gasteiger partial charge in [0.25, 0.3) is 0 Å². The van der Waals surface area contributed by atoms with Crippen LogP contribution < -0.4 is 14.2 Å². The van der Waals surface area contributed by atoms with Crippen molar-refractivity contribution in [1.82, 2.24) is 10.2 Å². The Hall–Kier alpha value is -3.74. The number of ether oxygens (including phenoxy) is 3. The van der Waals surface area contributed by atoms with Crippen LogP contribution in [0.2, 0.25) is 0 Å². The Morgan fingerprint density at radius 3 is 2.37 bits per heavy atom. The van der Waals surface area contributed by atoms with Crippen molar-refractivity contribution < 1.29 is 19.0 Å². The van der Waals surface area contributed by atoms with Crippen LogP contribution in [0, 0.1) is 5.92 Å². The molecule has 2 aliphatic rings. The minimum atomic E-state index is -0.502. The second-order valence-electron chi connectivity index (χ2n) is 8.98. The summed E-state index contributed by atoms with van der Waals surface area (Å²) in [4.78, 5) is 5.20. The molecule has 0 spiro atoms. The Morgan fingerprint density at radius 2 is 1.74 bits per heavy atom. The molecule has 3 aromatic rings. The van der Waals surface area contributed by atoms with E-state index in [4.69, 9.17) is 24.1 Å². The molecule has 1 atom stereocenters. The SMILES string of the molecule is CO/N=C(/c1n[nH]c2c1C=CC(c1ccccc1)(c1ccc(OC)c(OC)c1OC)C2)C1CCC1. The lowest BCUT2D eigenvalue weighted by Gasteiger charge is -2.36. The Kier molecular flexibility index (Phi) is 6.24. The first kappa shape index (κ1) is 23.0. The van der Waals surface area contributed by atoms with E-state index < -0.39 is 5.41 Å². The zero-order valence-electron chi connectivity index (χ0n) is 20.6. The van der Waals surface area contributed by atoms with Gasteiger partial charge in [0.2, 0.25) is 5.75 Å². The van der Waals surface area contributed by atoms with E-state index in [1.165, 1.54) is 6.42 Å². The van der Waals surface area contributed by atoms with Crippen LogP contribution in [-0.4, -0.2) is 44.3 Å². The quantitative estimate of drug-likeness (QED) is 0.362. The summed E-state index contributed by atoms with van der Waals surface area (Å²) < 4.78 is 17.2. The van der Waals surface area contributed by atoms with Crippen LogP contribution in [0.3, 0.4) is 0 Å². The van der Waals surface area contributed by atoms with Crippen molar-refractivity contribution in [2.75, 3.05) is 28.4 Å². The van der Waals surface area contributed by atoms with E-state index in [1.54, 1.807) is 28.4 Å². The molecule has 1 N–H and O–H groups in total. The van der Waals surface area contributed by atoms with E-state index in [0.29, 0.717) is 29.6 Å². The first-order chi connectivity index (χ1) is 17.2. The zero-order chi connectivity index (χ0) is 24.4. The molecule has 1 unspecified atom stereocenters. The number of hydrogen-bond donors (Lipinski definition) is 1. The van der Waals surface area contributed by atoms with Crippen LogP contribution >= 0.6 is 0 Å². The lowest BCUT2D eigenvalue weighted by Crippen LogP contribution is -2.31. The maximum atomic E-state index is 5.93. The van der Waals surface area contributed by atoms with Gasteiger partial charge in [-0.3, -0.25) is 5.10 Å². The Bertz CT molecular complexity index is 1260. The van der Waals surface area contributed by atoms with Crippen molar-refractivity contribution in [3.63, 3.8) is 0 Å². The third kappa shape index (κ3) is 3.75. The third-order valence-electron chi connectivity index (χ3n) is 7.27. The summed E-state index contributed by atoms with van der Waals surface area (Å²) in [7, 11) is 6.52. The van der Waals surface area contributed by atoms with Crippen molar-refractivity contribution in [3.8, 4) is 17.2 Å². The molecular weight excluding hydrogens is 442 g/mol. The summed E-state index contributed by atoms with van der Waals surface area (Å²) in [6.45, 7) is 0. The number of nitrogens with zero attached hydrogens (tertiary/aromatic N) is 2. The van der Waals surface area contributed by atoms with Crippen LogP contribution in [0.25, 0.3) is 6.08 Å². The van der Waals surface area contributed by atoms with Gasteiger partial charge in [-0.05, 0) is 24.5 Å². The van der Waals surface area contributed by atoms with Gasteiger partial charge in [0.1, 0.15) is 18.5 Å². The molecule has 0 saturated heterocycles. The van der Waals surface area contributed by atoms with Gasteiger partial charge in [-0.25, -0.2) is 0 Å². The highest BCUT2D eigenvalue weighted by molar-refractivity contribution is 6.04. The molecule has 1 fully saturated rings. The number of benzene rings is 2. The fourth-order valence-corrected chi connectivity index (χ4v) is 5.28. The Balaban J connectivity index is 1.68. The topological polar surface area (TPSA) is 78.0 Å². The van der Waals surface area contributed by atoms with Crippen molar-refractivity contribution in [2.24, 2.45) is 11.1 Å². The molecule has 2 aromatic carbocycles. The summed E-state index contributed by atoms with van der Waals surface area (Å²) in [6, 6.07) is 14.4. The van der Waals surface area contributed by atoms with Crippen molar-refractivity contribution >= 4 is 11.8 Å². The minimum absolute atomic E-state index is 0.391. The molecule has 0 radical (unpaired) electrons. The monoisotopic (exact) mass is 473 g/mol. The van der Waals surface area contributed by atoms with Crippen LogP contribution in [0.5, 0.6) is 17.2 Å². The summed E-state index contributed by atoms with van der Waals surface area (Å²) in [5.74, 6) is 2.25. The van der Waals surface area contributed by atoms with Gasteiger partial charge in [0, 0.05) is 34.6 Å². The van der Waals surface area contributed by atoms with Gasteiger partial charge < -0.3 is 19.0 Å². The highest BCUT2D eigenvalue weighted by atomic mass is 16.6. The van der Waals surface area contributed by atoms with Gasteiger partial charge in [-0.2, -0.15) is 5.10 Å². The van der Waals surface area contributed by atoms with E-state index in [2.05, 4.69) is 52.7 Å². The van der Waals surface area contributed by atoms with Crippen LogP contribution in [0.15, 0.2) is 53.7 Å². The molecule has 0 aliphatic heterocycles. The average Bonchev–Trinajstić information content (AvgIpc) is 3.29. The van der Waals surface area contributed by atoms with Gasteiger partial charge in [0.15, 0.2) is 11.5 Å². The summed E-state index contributed by atoms with van der Waals surface area (Å²) in [5.41, 5.74) is 5.56. The number of aromatic nitrogens is 2. The number of oxime groups is 1. The number of allylic oxidation sites excluding steroid dienone is 1. The third-order valence-corrected chi connectivity index (χ3v) is 7.27. The molecule has 5 rings (SSSR count). The number of fused-ring (bicyclic) bond motifs is 1. The molecule has 2 aliphatic carbocycles. The van der Waals surface area contributed by atoms with Crippen molar-refractivity contribution in [1.29, 1.82) is 0 Å². The molecule has 7 heteroatoms. The molecule has 1 saturated carbocycles. The predicted octanol–water partition coefficient (Wildman–Crippen LogP) is 5.14. The van der Waals surface area contributed by atoms with Crippen molar-refractivity contribution in [3.05, 3.63) is 76.6 Å².